The number of hydrogen-bond acceptors (Lipinski definition) is 1. The van der Waals surface area contributed by atoms with E-state index in [0.717, 1.165) is 17.1 Å². The molecule has 66 heavy (non-hydrogen) atoms. The van der Waals surface area contributed by atoms with Crippen molar-refractivity contribution >= 4 is 27.8 Å². The molecule has 0 N–H and O–H groups in total. The summed E-state index contributed by atoms with van der Waals surface area (Å²) in [7, 11) is 0. The minimum atomic E-state index is -0.511. The molecule has 0 bridgehead atoms. The molecular formula is C65H45N. The molecule has 0 saturated carbocycles. The Bertz CT molecular complexity index is 3440. The van der Waals surface area contributed by atoms with Crippen molar-refractivity contribution in [2.24, 2.45) is 0 Å². The zero-order chi connectivity index (χ0) is 43.9. The lowest BCUT2D eigenvalue weighted by molar-refractivity contribution is 0.768. The second-order valence-electron chi connectivity index (χ2n) is 17.2. The van der Waals surface area contributed by atoms with Crippen molar-refractivity contribution in [3.8, 4) is 55.6 Å². The molecule has 12 rings (SSSR count). The second-order valence-corrected chi connectivity index (χ2v) is 17.2. The molecule has 11 aromatic rings. The fourth-order valence-corrected chi connectivity index (χ4v) is 10.5. The SMILES string of the molecule is c1ccc(-c2ccc(-c3c(-c4ccc(N(c5ccc(-c6ccccc6)cc5)c5cccc(C6(c7ccccc7)c7ccccc7-c7ccccc76)c5)cc4)ccc4ccccc34)cc2)cc1. The van der Waals surface area contributed by atoms with Gasteiger partial charge in [-0.25, -0.2) is 0 Å². The summed E-state index contributed by atoms with van der Waals surface area (Å²) < 4.78 is 0. The van der Waals surface area contributed by atoms with E-state index >= 15 is 0 Å². The average molecular weight is 840 g/mol. The zero-order valence-corrected chi connectivity index (χ0v) is 36.4. The summed E-state index contributed by atoms with van der Waals surface area (Å²) in [6, 6.07) is 100.0. The van der Waals surface area contributed by atoms with Crippen LogP contribution in [0, 0.1) is 0 Å². The largest absolute Gasteiger partial charge is 0.310 e. The Morgan fingerprint density at radius 2 is 0.712 bits per heavy atom. The number of nitrogens with zero attached hydrogens (tertiary/aromatic N) is 1. The van der Waals surface area contributed by atoms with Gasteiger partial charge < -0.3 is 4.90 Å². The topological polar surface area (TPSA) is 3.24 Å². The standard InChI is InChI=1S/C65H45N/c1-4-17-46(18-5-1)48-31-33-52(34-32-48)64-58-26-11-10-21-50(58)39-44-59(64)51-37-42-56(43-38-51)66(55-40-35-49(36-41-55)47-19-6-2-7-20-47)57-25-16-24-54(45-57)65(53-22-8-3-9-23-53)62-29-14-12-27-60(62)61-28-13-15-30-63(61)65/h1-45H. The summed E-state index contributed by atoms with van der Waals surface area (Å²) in [5, 5.41) is 2.47. The van der Waals surface area contributed by atoms with Crippen LogP contribution in [0.5, 0.6) is 0 Å². The first kappa shape index (κ1) is 39.1. The maximum absolute atomic E-state index is 2.42. The fourth-order valence-electron chi connectivity index (χ4n) is 10.5. The van der Waals surface area contributed by atoms with Crippen molar-refractivity contribution in [3.63, 3.8) is 0 Å². The van der Waals surface area contributed by atoms with Gasteiger partial charge in [-0.3, -0.25) is 0 Å². The average Bonchev–Trinajstić information content (AvgIpc) is 3.71. The molecule has 1 aliphatic rings. The molecule has 310 valence electrons. The molecule has 1 heteroatoms. The van der Waals surface area contributed by atoms with Gasteiger partial charge in [0, 0.05) is 17.1 Å². The minimum Gasteiger partial charge on any atom is -0.310 e. The number of rotatable bonds is 9. The lowest BCUT2D eigenvalue weighted by atomic mass is 9.67. The van der Waals surface area contributed by atoms with Crippen LogP contribution in [0.4, 0.5) is 17.1 Å². The van der Waals surface area contributed by atoms with Crippen molar-refractivity contribution in [2.45, 2.75) is 5.41 Å². The van der Waals surface area contributed by atoms with Crippen LogP contribution in [0.25, 0.3) is 66.4 Å². The maximum atomic E-state index is 2.42. The third kappa shape index (κ3) is 6.64. The minimum absolute atomic E-state index is 0.511. The summed E-state index contributed by atoms with van der Waals surface area (Å²) >= 11 is 0. The van der Waals surface area contributed by atoms with E-state index in [4.69, 9.17) is 0 Å². The van der Waals surface area contributed by atoms with Crippen molar-refractivity contribution in [1.29, 1.82) is 0 Å². The van der Waals surface area contributed by atoms with Crippen LogP contribution in [-0.2, 0) is 5.41 Å². The molecule has 0 saturated heterocycles. The van der Waals surface area contributed by atoms with Crippen molar-refractivity contribution in [3.05, 3.63) is 295 Å². The molecule has 0 atom stereocenters. The van der Waals surface area contributed by atoms with Gasteiger partial charge >= 0.3 is 0 Å². The van der Waals surface area contributed by atoms with Crippen LogP contribution in [0.3, 0.4) is 0 Å². The number of fused-ring (bicyclic) bond motifs is 4. The Morgan fingerprint density at radius 1 is 0.258 bits per heavy atom. The Labute approximate surface area is 387 Å². The molecule has 0 heterocycles. The molecule has 0 amide bonds. The van der Waals surface area contributed by atoms with Gasteiger partial charge in [-0.15, -0.1) is 0 Å². The summed E-state index contributed by atoms with van der Waals surface area (Å²) in [5.41, 5.74) is 20.0. The first-order valence-corrected chi connectivity index (χ1v) is 22.8. The van der Waals surface area contributed by atoms with Gasteiger partial charge in [0.05, 0.1) is 5.41 Å². The van der Waals surface area contributed by atoms with E-state index in [0.29, 0.717) is 0 Å². The van der Waals surface area contributed by atoms with E-state index in [1.807, 2.05) is 0 Å². The van der Waals surface area contributed by atoms with Crippen molar-refractivity contribution in [1.82, 2.24) is 0 Å². The van der Waals surface area contributed by atoms with Gasteiger partial charge in [0.1, 0.15) is 0 Å². The van der Waals surface area contributed by atoms with Crippen LogP contribution >= 0.6 is 0 Å². The van der Waals surface area contributed by atoms with Crippen LogP contribution in [0.15, 0.2) is 273 Å². The van der Waals surface area contributed by atoms with Crippen LogP contribution in [0.2, 0.25) is 0 Å². The Kier molecular flexibility index (Phi) is 9.81. The molecule has 0 unspecified atom stereocenters. The summed E-state index contributed by atoms with van der Waals surface area (Å²) in [5.74, 6) is 0. The number of hydrogen-bond donors (Lipinski definition) is 0. The summed E-state index contributed by atoms with van der Waals surface area (Å²) in [6.07, 6.45) is 0. The third-order valence-corrected chi connectivity index (χ3v) is 13.6. The second kappa shape index (κ2) is 16.6. The first-order valence-electron chi connectivity index (χ1n) is 22.8. The quantitative estimate of drug-likeness (QED) is 0.140. The highest BCUT2D eigenvalue weighted by atomic mass is 15.1. The molecule has 0 aliphatic heterocycles. The monoisotopic (exact) mass is 839 g/mol. The lowest BCUT2D eigenvalue weighted by Crippen LogP contribution is -2.28. The molecular weight excluding hydrogens is 795 g/mol. The van der Waals surface area contributed by atoms with Gasteiger partial charge in [-0.1, -0.05) is 237 Å². The molecule has 1 nitrogen and oxygen atoms in total. The summed E-state index contributed by atoms with van der Waals surface area (Å²) in [4.78, 5) is 2.41. The Hall–Kier alpha value is -8.52. The molecule has 0 aromatic heterocycles. The predicted octanol–water partition coefficient (Wildman–Crippen LogP) is 17.3. The Balaban J connectivity index is 1.01. The highest BCUT2D eigenvalue weighted by molar-refractivity contribution is 6.04. The number of benzene rings is 11. The first-order chi connectivity index (χ1) is 32.7. The molecule has 0 radical (unpaired) electrons. The van der Waals surface area contributed by atoms with E-state index < -0.39 is 5.41 Å². The predicted molar refractivity (Wildman–Crippen MR) is 278 cm³/mol. The van der Waals surface area contributed by atoms with E-state index in [1.165, 1.54) is 88.7 Å². The van der Waals surface area contributed by atoms with Crippen LogP contribution in [-0.4, -0.2) is 0 Å². The van der Waals surface area contributed by atoms with Crippen LogP contribution < -0.4 is 4.90 Å². The number of anilines is 3. The van der Waals surface area contributed by atoms with Crippen molar-refractivity contribution < 1.29 is 0 Å². The fraction of sp³-hybridized carbons (Fsp3) is 0.0154. The van der Waals surface area contributed by atoms with E-state index in [1.54, 1.807) is 0 Å². The van der Waals surface area contributed by atoms with Gasteiger partial charge in [0.15, 0.2) is 0 Å². The van der Waals surface area contributed by atoms with Crippen molar-refractivity contribution in [2.75, 3.05) is 4.90 Å². The van der Waals surface area contributed by atoms with Gasteiger partial charge in [0.2, 0.25) is 0 Å². The normalized spacial score (nSPS) is 12.4. The highest BCUT2D eigenvalue weighted by Crippen LogP contribution is 2.56. The smallest absolute Gasteiger partial charge is 0.0714 e. The van der Waals surface area contributed by atoms with Crippen LogP contribution in [0.1, 0.15) is 22.3 Å². The molecule has 11 aromatic carbocycles. The summed E-state index contributed by atoms with van der Waals surface area (Å²) in [6.45, 7) is 0. The molecule has 0 spiro atoms. The lowest BCUT2D eigenvalue weighted by Gasteiger charge is -2.35. The molecule has 1 aliphatic carbocycles. The highest BCUT2D eigenvalue weighted by Gasteiger charge is 2.46. The zero-order valence-electron chi connectivity index (χ0n) is 36.4. The van der Waals surface area contributed by atoms with Gasteiger partial charge in [-0.05, 0) is 125 Å². The van der Waals surface area contributed by atoms with Gasteiger partial charge in [0.25, 0.3) is 0 Å². The van der Waals surface area contributed by atoms with E-state index in [2.05, 4.69) is 278 Å². The van der Waals surface area contributed by atoms with E-state index in [9.17, 15) is 0 Å². The molecule has 0 fully saturated rings. The Morgan fingerprint density at radius 3 is 1.32 bits per heavy atom. The van der Waals surface area contributed by atoms with Gasteiger partial charge in [-0.2, -0.15) is 0 Å². The maximum Gasteiger partial charge on any atom is 0.0714 e. The van der Waals surface area contributed by atoms with E-state index in [-0.39, 0.29) is 0 Å². The third-order valence-electron chi connectivity index (χ3n) is 13.6.